The summed E-state index contributed by atoms with van der Waals surface area (Å²) in [5, 5.41) is 3.36. The highest BCUT2D eigenvalue weighted by Crippen LogP contribution is 2.20. The molecule has 0 bridgehead atoms. The maximum absolute atomic E-state index is 13.0. The zero-order valence-corrected chi connectivity index (χ0v) is 16.6. The minimum absolute atomic E-state index is 0.129. The lowest BCUT2D eigenvalue weighted by Gasteiger charge is -2.19. The molecule has 1 heterocycles. The molecule has 1 atom stereocenters. The van der Waals surface area contributed by atoms with E-state index in [1.807, 2.05) is 60.7 Å². The standard InChI is InChI=1S/C23H26N4O/c1-4-17(2)24-21-15-20(25-22(26-21)19-13-9-6-10-14-19)23(28)27(3)16-18-11-7-5-8-12-18/h5-15,17H,4,16H2,1-3H3,(H,24,25,26). The number of hydrogen-bond acceptors (Lipinski definition) is 4. The van der Waals surface area contributed by atoms with Crippen LogP contribution < -0.4 is 5.32 Å². The largest absolute Gasteiger partial charge is 0.367 e. The first-order valence-electron chi connectivity index (χ1n) is 9.57. The van der Waals surface area contributed by atoms with E-state index in [0.717, 1.165) is 17.5 Å². The van der Waals surface area contributed by atoms with E-state index in [4.69, 9.17) is 0 Å². The molecule has 0 aliphatic rings. The lowest BCUT2D eigenvalue weighted by molar-refractivity contribution is 0.0779. The average molecular weight is 374 g/mol. The molecule has 0 saturated heterocycles. The first kappa shape index (κ1) is 19.5. The molecular formula is C23H26N4O. The molecule has 5 heteroatoms. The summed E-state index contributed by atoms with van der Waals surface area (Å²) in [6, 6.07) is 21.6. The van der Waals surface area contributed by atoms with Crippen molar-refractivity contribution in [3.05, 3.63) is 78.0 Å². The van der Waals surface area contributed by atoms with Gasteiger partial charge in [0.05, 0.1) is 0 Å². The second kappa shape index (κ2) is 9.13. The van der Waals surface area contributed by atoms with Gasteiger partial charge < -0.3 is 10.2 Å². The Morgan fingerprint density at radius 3 is 2.32 bits per heavy atom. The monoisotopic (exact) mass is 374 g/mol. The molecule has 0 saturated carbocycles. The second-order valence-corrected chi connectivity index (χ2v) is 6.93. The fraction of sp³-hybridized carbons (Fsp3) is 0.261. The molecule has 3 aromatic rings. The summed E-state index contributed by atoms with van der Waals surface area (Å²) in [5.41, 5.74) is 2.35. The Bertz CT molecular complexity index is 912. The van der Waals surface area contributed by atoms with E-state index in [1.165, 1.54) is 0 Å². The Hall–Kier alpha value is -3.21. The third-order valence-electron chi connectivity index (χ3n) is 4.59. The minimum Gasteiger partial charge on any atom is -0.367 e. The van der Waals surface area contributed by atoms with Crippen LogP contribution in [0.1, 0.15) is 36.3 Å². The van der Waals surface area contributed by atoms with Crippen molar-refractivity contribution in [3.63, 3.8) is 0 Å². The van der Waals surface area contributed by atoms with Gasteiger partial charge in [-0.3, -0.25) is 4.79 Å². The Morgan fingerprint density at radius 1 is 1.04 bits per heavy atom. The van der Waals surface area contributed by atoms with E-state index in [0.29, 0.717) is 23.9 Å². The summed E-state index contributed by atoms with van der Waals surface area (Å²) in [5.74, 6) is 1.08. The van der Waals surface area contributed by atoms with Gasteiger partial charge in [0, 0.05) is 31.3 Å². The van der Waals surface area contributed by atoms with Crippen LogP contribution in [0.3, 0.4) is 0 Å². The van der Waals surface area contributed by atoms with Crippen LogP contribution in [0.4, 0.5) is 5.82 Å². The number of nitrogens with zero attached hydrogens (tertiary/aromatic N) is 3. The molecule has 0 aliphatic carbocycles. The molecule has 144 valence electrons. The van der Waals surface area contributed by atoms with Crippen molar-refractivity contribution in [1.82, 2.24) is 14.9 Å². The van der Waals surface area contributed by atoms with Gasteiger partial charge in [-0.25, -0.2) is 9.97 Å². The van der Waals surface area contributed by atoms with Gasteiger partial charge in [0.25, 0.3) is 5.91 Å². The zero-order chi connectivity index (χ0) is 19.9. The number of anilines is 1. The fourth-order valence-corrected chi connectivity index (χ4v) is 2.83. The predicted molar refractivity (Wildman–Crippen MR) is 113 cm³/mol. The van der Waals surface area contributed by atoms with Gasteiger partial charge in [-0.05, 0) is 18.9 Å². The summed E-state index contributed by atoms with van der Waals surface area (Å²) >= 11 is 0. The average Bonchev–Trinajstić information content (AvgIpc) is 2.74. The molecule has 0 aliphatic heterocycles. The first-order valence-corrected chi connectivity index (χ1v) is 9.57. The Kier molecular flexibility index (Phi) is 6.37. The van der Waals surface area contributed by atoms with Crippen LogP contribution in [-0.2, 0) is 6.54 Å². The summed E-state index contributed by atoms with van der Waals surface area (Å²) in [4.78, 5) is 23.9. The molecule has 3 rings (SSSR count). The van der Waals surface area contributed by atoms with Gasteiger partial charge in [-0.2, -0.15) is 0 Å². The molecule has 1 aromatic heterocycles. The third kappa shape index (κ3) is 4.94. The molecule has 1 amide bonds. The van der Waals surface area contributed by atoms with E-state index in [1.54, 1.807) is 18.0 Å². The number of rotatable bonds is 7. The highest BCUT2D eigenvalue weighted by Gasteiger charge is 2.17. The third-order valence-corrected chi connectivity index (χ3v) is 4.59. The molecule has 0 fully saturated rings. The lowest BCUT2D eigenvalue weighted by atomic mass is 10.2. The van der Waals surface area contributed by atoms with Crippen LogP contribution in [-0.4, -0.2) is 33.9 Å². The number of carbonyl (C=O) groups is 1. The molecule has 0 radical (unpaired) electrons. The highest BCUT2D eigenvalue weighted by atomic mass is 16.2. The number of nitrogens with one attached hydrogen (secondary N) is 1. The normalized spacial score (nSPS) is 11.7. The number of amides is 1. The summed E-state index contributed by atoms with van der Waals surface area (Å²) < 4.78 is 0. The van der Waals surface area contributed by atoms with E-state index in [9.17, 15) is 4.79 Å². The maximum Gasteiger partial charge on any atom is 0.272 e. The van der Waals surface area contributed by atoms with Gasteiger partial charge in [-0.1, -0.05) is 67.6 Å². The molecule has 0 spiro atoms. The quantitative estimate of drug-likeness (QED) is 0.655. The van der Waals surface area contributed by atoms with E-state index in [-0.39, 0.29) is 11.9 Å². The number of hydrogen-bond donors (Lipinski definition) is 1. The van der Waals surface area contributed by atoms with Crippen molar-refractivity contribution < 1.29 is 4.79 Å². The molecule has 1 unspecified atom stereocenters. The van der Waals surface area contributed by atoms with Gasteiger partial charge in [0.2, 0.25) is 0 Å². The van der Waals surface area contributed by atoms with Gasteiger partial charge in [-0.15, -0.1) is 0 Å². The fourth-order valence-electron chi connectivity index (χ4n) is 2.83. The van der Waals surface area contributed by atoms with Crippen molar-refractivity contribution in [3.8, 4) is 11.4 Å². The Labute approximate surface area is 166 Å². The maximum atomic E-state index is 13.0. The van der Waals surface area contributed by atoms with Crippen molar-refractivity contribution in [2.24, 2.45) is 0 Å². The summed E-state index contributed by atoms with van der Waals surface area (Å²) in [7, 11) is 1.79. The predicted octanol–water partition coefficient (Wildman–Crippen LogP) is 4.63. The van der Waals surface area contributed by atoms with Crippen LogP contribution in [0.2, 0.25) is 0 Å². The van der Waals surface area contributed by atoms with E-state index >= 15 is 0 Å². The smallest absolute Gasteiger partial charge is 0.272 e. The topological polar surface area (TPSA) is 58.1 Å². The van der Waals surface area contributed by atoms with Crippen LogP contribution in [0, 0.1) is 0 Å². The SMILES string of the molecule is CCC(C)Nc1cc(C(=O)N(C)Cc2ccccc2)nc(-c2ccccc2)n1. The van der Waals surface area contributed by atoms with Crippen molar-refractivity contribution in [1.29, 1.82) is 0 Å². The van der Waals surface area contributed by atoms with Crippen molar-refractivity contribution in [2.75, 3.05) is 12.4 Å². The lowest BCUT2D eigenvalue weighted by Crippen LogP contribution is -2.27. The summed E-state index contributed by atoms with van der Waals surface area (Å²) in [6.07, 6.45) is 0.960. The van der Waals surface area contributed by atoms with E-state index < -0.39 is 0 Å². The number of aromatic nitrogens is 2. The van der Waals surface area contributed by atoms with Crippen LogP contribution >= 0.6 is 0 Å². The highest BCUT2D eigenvalue weighted by molar-refractivity contribution is 5.93. The summed E-state index contributed by atoms with van der Waals surface area (Å²) in [6.45, 7) is 4.72. The van der Waals surface area contributed by atoms with Crippen molar-refractivity contribution >= 4 is 11.7 Å². The van der Waals surface area contributed by atoms with Gasteiger partial charge in [0.15, 0.2) is 5.82 Å². The minimum atomic E-state index is -0.129. The number of carbonyl (C=O) groups excluding carboxylic acids is 1. The van der Waals surface area contributed by atoms with Gasteiger partial charge in [0.1, 0.15) is 11.5 Å². The molecule has 2 aromatic carbocycles. The van der Waals surface area contributed by atoms with Crippen LogP contribution in [0.5, 0.6) is 0 Å². The molecule has 1 N–H and O–H groups in total. The van der Waals surface area contributed by atoms with Crippen LogP contribution in [0.25, 0.3) is 11.4 Å². The number of benzene rings is 2. The van der Waals surface area contributed by atoms with Crippen molar-refractivity contribution in [2.45, 2.75) is 32.9 Å². The molecule has 5 nitrogen and oxygen atoms in total. The van der Waals surface area contributed by atoms with Crippen LogP contribution in [0.15, 0.2) is 66.7 Å². The van der Waals surface area contributed by atoms with Gasteiger partial charge >= 0.3 is 0 Å². The van der Waals surface area contributed by atoms with E-state index in [2.05, 4.69) is 29.1 Å². The second-order valence-electron chi connectivity index (χ2n) is 6.93. The Balaban J connectivity index is 1.91. The molecule has 28 heavy (non-hydrogen) atoms. The Morgan fingerprint density at radius 2 is 1.68 bits per heavy atom. The first-order chi connectivity index (χ1) is 13.6. The molecular weight excluding hydrogens is 348 g/mol. The zero-order valence-electron chi connectivity index (χ0n) is 16.6.